The van der Waals surface area contributed by atoms with Crippen molar-refractivity contribution in [1.82, 2.24) is 4.90 Å². The molecule has 0 saturated carbocycles. The lowest BCUT2D eigenvalue weighted by molar-refractivity contribution is 0.101. The van der Waals surface area contributed by atoms with Crippen LogP contribution >= 0.6 is 12.2 Å². The van der Waals surface area contributed by atoms with Crippen LogP contribution in [0.25, 0.3) is 0 Å². The monoisotopic (exact) mass is 399 g/mol. The van der Waals surface area contributed by atoms with E-state index in [1.54, 1.807) is 21.1 Å². The first-order valence-corrected chi connectivity index (χ1v) is 9.56. The van der Waals surface area contributed by atoms with Gasteiger partial charge in [0.2, 0.25) is 0 Å². The third-order valence-corrected chi connectivity index (χ3v) is 5.21. The quantitative estimate of drug-likeness (QED) is 0.611. The van der Waals surface area contributed by atoms with E-state index in [0.29, 0.717) is 10.9 Å². The van der Waals surface area contributed by atoms with E-state index in [4.69, 9.17) is 21.7 Å². The number of anilines is 2. The number of ether oxygens (including phenoxy) is 2. The Labute approximate surface area is 171 Å². The average molecular weight is 400 g/mol. The summed E-state index contributed by atoms with van der Waals surface area (Å²) in [6, 6.07) is 13.3. The van der Waals surface area contributed by atoms with Gasteiger partial charge in [0.05, 0.1) is 19.9 Å². The van der Waals surface area contributed by atoms with Crippen LogP contribution < -0.4 is 19.7 Å². The number of nitrogens with one attached hydrogen (secondary N) is 1. The highest BCUT2D eigenvalue weighted by molar-refractivity contribution is 7.80. The molecule has 3 rings (SSSR count). The van der Waals surface area contributed by atoms with Gasteiger partial charge in [-0.25, -0.2) is 0 Å². The van der Waals surface area contributed by atoms with Crippen LogP contribution in [0.1, 0.15) is 17.3 Å². The fourth-order valence-corrected chi connectivity index (χ4v) is 3.47. The topological polar surface area (TPSA) is 54.0 Å². The molecule has 0 aliphatic carbocycles. The number of rotatable bonds is 5. The smallest absolute Gasteiger partial charge is 0.173 e. The second-order valence-electron chi connectivity index (χ2n) is 6.57. The lowest BCUT2D eigenvalue weighted by atomic mass is 10.1. The Balaban J connectivity index is 1.60. The summed E-state index contributed by atoms with van der Waals surface area (Å²) in [5.74, 6) is 1.54. The first-order valence-electron chi connectivity index (χ1n) is 9.15. The second-order valence-corrected chi connectivity index (χ2v) is 6.96. The van der Waals surface area contributed by atoms with E-state index in [1.807, 2.05) is 42.5 Å². The van der Waals surface area contributed by atoms with Gasteiger partial charge >= 0.3 is 0 Å². The summed E-state index contributed by atoms with van der Waals surface area (Å²) in [6.07, 6.45) is 0. The van der Waals surface area contributed by atoms with Crippen molar-refractivity contribution < 1.29 is 14.3 Å². The Morgan fingerprint density at radius 1 is 1.00 bits per heavy atom. The molecule has 1 fully saturated rings. The molecule has 2 aromatic rings. The number of benzene rings is 2. The molecule has 1 aliphatic rings. The zero-order valence-corrected chi connectivity index (χ0v) is 17.2. The van der Waals surface area contributed by atoms with E-state index in [9.17, 15) is 4.79 Å². The van der Waals surface area contributed by atoms with Gasteiger partial charge in [0.1, 0.15) is 11.5 Å². The van der Waals surface area contributed by atoms with Gasteiger partial charge in [0.25, 0.3) is 0 Å². The minimum Gasteiger partial charge on any atom is -0.497 e. The van der Waals surface area contributed by atoms with Crippen LogP contribution in [0.2, 0.25) is 0 Å². The highest BCUT2D eigenvalue weighted by Gasteiger charge is 2.20. The van der Waals surface area contributed by atoms with E-state index < -0.39 is 0 Å². The van der Waals surface area contributed by atoms with Gasteiger partial charge in [-0.1, -0.05) is 0 Å². The maximum atomic E-state index is 11.4. The first-order chi connectivity index (χ1) is 13.5. The predicted molar refractivity (Wildman–Crippen MR) is 116 cm³/mol. The minimum atomic E-state index is 0.0840. The summed E-state index contributed by atoms with van der Waals surface area (Å²) in [7, 11) is 3.26. The summed E-state index contributed by atoms with van der Waals surface area (Å²) < 4.78 is 10.7. The lowest BCUT2D eigenvalue weighted by Gasteiger charge is -2.37. The molecule has 2 aromatic carbocycles. The minimum absolute atomic E-state index is 0.0840. The molecule has 1 saturated heterocycles. The van der Waals surface area contributed by atoms with Crippen molar-refractivity contribution in [2.45, 2.75) is 6.92 Å². The normalized spacial score (nSPS) is 13.8. The molecule has 1 N–H and O–H groups in total. The zero-order chi connectivity index (χ0) is 20.1. The number of ketones is 1. The van der Waals surface area contributed by atoms with Crippen LogP contribution in [0.15, 0.2) is 42.5 Å². The van der Waals surface area contributed by atoms with E-state index in [2.05, 4.69) is 15.1 Å². The molecule has 7 heteroatoms. The van der Waals surface area contributed by atoms with Gasteiger partial charge < -0.3 is 24.6 Å². The average Bonchev–Trinajstić information content (AvgIpc) is 2.73. The van der Waals surface area contributed by atoms with Crippen molar-refractivity contribution in [3.8, 4) is 11.5 Å². The number of carbonyl (C=O) groups is 1. The van der Waals surface area contributed by atoms with Crippen LogP contribution in [-0.2, 0) is 0 Å². The fraction of sp³-hybridized carbons (Fsp3) is 0.333. The third-order valence-electron chi connectivity index (χ3n) is 4.85. The SMILES string of the molecule is COc1ccc(OC)c(NC(=S)N2CCN(c3ccc(C(C)=O)cc3)CC2)c1. The largest absolute Gasteiger partial charge is 0.497 e. The van der Waals surface area contributed by atoms with Crippen LogP contribution in [0, 0.1) is 0 Å². The van der Waals surface area contributed by atoms with Gasteiger partial charge in [-0.05, 0) is 55.5 Å². The maximum absolute atomic E-state index is 11.4. The molecular formula is C21H25N3O3S. The number of hydrogen-bond acceptors (Lipinski definition) is 5. The molecular weight excluding hydrogens is 374 g/mol. The standard InChI is InChI=1S/C21H25N3O3S/c1-15(25)16-4-6-17(7-5-16)23-10-12-24(13-11-23)21(28)22-19-14-18(26-2)8-9-20(19)27-3/h4-9,14H,10-13H2,1-3H3,(H,22,28). The van der Waals surface area contributed by atoms with Crippen molar-refractivity contribution in [2.75, 3.05) is 50.6 Å². The molecule has 1 aliphatic heterocycles. The summed E-state index contributed by atoms with van der Waals surface area (Å²) in [5.41, 5.74) is 2.65. The van der Waals surface area contributed by atoms with Crippen LogP contribution in [0.5, 0.6) is 11.5 Å². The molecule has 0 atom stereocenters. The molecule has 0 bridgehead atoms. The highest BCUT2D eigenvalue weighted by Crippen LogP contribution is 2.29. The summed E-state index contributed by atoms with van der Waals surface area (Å²) in [6.45, 7) is 4.92. The Hall–Kier alpha value is -2.80. The first kappa shape index (κ1) is 19.9. The molecule has 0 radical (unpaired) electrons. The lowest BCUT2D eigenvalue weighted by Crippen LogP contribution is -2.50. The number of carbonyl (C=O) groups excluding carboxylic acids is 1. The van der Waals surface area contributed by atoms with Gasteiger partial charge in [-0.15, -0.1) is 0 Å². The van der Waals surface area contributed by atoms with Gasteiger partial charge in [-0.3, -0.25) is 4.79 Å². The van der Waals surface area contributed by atoms with E-state index in [1.165, 1.54) is 0 Å². The number of hydrogen-bond donors (Lipinski definition) is 1. The Morgan fingerprint density at radius 2 is 1.68 bits per heavy atom. The van der Waals surface area contributed by atoms with Gasteiger partial charge in [-0.2, -0.15) is 0 Å². The van der Waals surface area contributed by atoms with Gasteiger partial charge in [0, 0.05) is 43.5 Å². The predicted octanol–water partition coefficient (Wildman–Crippen LogP) is 3.43. The van der Waals surface area contributed by atoms with E-state index >= 15 is 0 Å². The van der Waals surface area contributed by atoms with E-state index in [-0.39, 0.29) is 5.78 Å². The van der Waals surface area contributed by atoms with E-state index in [0.717, 1.165) is 48.9 Å². The number of nitrogens with zero attached hydrogens (tertiary/aromatic N) is 2. The second kappa shape index (κ2) is 8.93. The molecule has 0 unspecified atom stereocenters. The molecule has 0 amide bonds. The molecule has 28 heavy (non-hydrogen) atoms. The summed E-state index contributed by atoms with van der Waals surface area (Å²) in [4.78, 5) is 15.9. The van der Waals surface area contributed by atoms with Crippen LogP contribution in [0.4, 0.5) is 11.4 Å². The van der Waals surface area contributed by atoms with Crippen LogP contribution in [-0.4, -0.2) is 56.2 Å². The number of thiocarbonyl (C=S) groups is 1. The third kappa shape index (κ3) is 4.54. The molecule has 148 valence electrons. The summed E-state index contributed by atoms with van der Waals surface area (Å²) >= 11 is 5.61. The molecule has 1 heterocycles. The number of Topliss-reactive ketones (excluding diaryl/α,β-unsaturated/α-hetero) is 1. The Bertz CT molecular complexity index is 846. The summed E-state index contributed by atoms with van der Waals surface area (Å²) in [5, 5.41) is 3.94. The number of piperazine rings is 1. The number of methoxy groups -OCH3 is 2. The fourth-order valence-electron chi connectivity index (χ4n) is 3.18. The zero-order valence-electron chi connectivity index (χ0n) is 16.4. The van der Waals surface area contributed by atoms with Crippen molar-refractivity contribution in [3.05, 3.63) is 48.0 Å². The van der Waals surface area contributed by atoms with Crippen molar-refractivity contribution >= 4 is 34.5 Å². The molecule has 0 aromatic heterocycles. The van der Waals surface area contributed by atoms with Crippen molar-refractivity contribution in [3.63, 3.8) is 0 Å². The van der Waals surface area contributed by atoms with Crippen LogP contribution in [0.3, 0.4) is 0 Å². The maximum Gasteiger partial charge on any atom is 0.173 e. The van der Waals surface area contributed by atoms with Crippen molar-refractivity contribution in [2.24, 2.45) is 0 Å². The molecule has 0 spiro atoms. The molecule has 6 nitrogen and oxygen atoms in total. The highest BCUT2D eigenvalue weighted by atomic mass is 32.1. The Morgan fingerprint density at radius 3 is 2.25 bits per heavy atom. The van der Waals surface area contributed by atoms with Crippen molar-refractivity contribution in [1.29, 1.82) is 0 Å². The van der Waals surface area contributed by atoms with Gasteiger partial charge in [0.15, 0.2) is 10.9 Å². The Kier molecular flexibility index (Phi) is 6.36.